The molecule has 0 atom stereocenters. The predicted molar refractivity (Wildman–Crippen MR) is 97.1 cm³/mol. The van der Waals surface area contributed by atoms with Crippen LogP contribution in [0.1, 0.15) is 44.1 Å². The fraction of sp³-hybridized carbons (Fsp3) is 0.400. The van der Waals surface area contributed by atoms with Crippen molar-refractivity contribution in [3.63, 3.8) is 0 Å². The number of amides is 1. The molecule has 0 saturated heterocycles. The lowest BCUT2D eigenvalue weighted by molar-refractivity contribution is -0.117. The molecule has 1 N–H and O–H groups in total. The zero-order valence-electron chi connectivity index (χ0n) is 15.7. The molecule has 0 saturated carbocycles. The Hall–Kier alpha value is -2.50. The Balaban J connectivity index is 2.09. The number of nitrogens with zero attached hydrogens (tertiary/aromatic N) is 1. The fourth-order valence-corrected chi connectivity index (χ4v) is 2.58. The summed E-state index contributed by atoms with van der Waals surface area (Å²) >= 11 is 0. The molecule has 2 rings (SSSR count). The molecule has 0 bridgehead atoms. The minimum absolute atomic E-state index is 0.0361. The van der Waals surface area contributed by atoms with Gasteiger partial charge in [-0.1, -0.05) is 20.8 Å². The number of aryl methyl sites for hydroxylation is 2. The van der Waals surface area contributed by atoms with Gasteiger partial charge in [-0.25, -0.2) is 8.78 Å². The zero-order valence-corrected chi connectivity index (χ0v) is 15.7. The van der Waals surface area contributed by atoms with Crippen LogP contribution in [0.2, 0.25) is 0 Å². The number of benzene rings is 1. The van der Waals surface area contributed by atoms with Crippen molar-refractivity contribution in [1.82, 2.24) is 4.98 Å². The van der Waals surface area contributed by atoms with Gasteiger partial charge in [0.15, 0.2) is 11.6 Å². The lowest BCUT2D eigenvalue weighted by Crippen LogP contribution is -2.21. The molecule has 4 nitrogen and oxygen atoms in total. The van der Waals surface area contributed by atoms with Crippen LogP contribution in [-0.4, -0.2) is 10.9 Å². The smallest absolute Gasteiger partial charge is 0.224 e. The number of ether oxygens (including phenoxy) is 1. The maximum Gasteiger partial charge on any atom is 0.224 e. The molecule has 1 aromatic carbocycles. The Morgan fingerprint density at radius 1 is 1.19 bits per heavy atom. The summed E-state index contributed by atoms with van der Waals surface area (Å²) in [5.74, 6) is -1.52. The van der Waals surface area contributed by atoms with Crippen molar-refractivity contribution in [2.75, 3.05) is 5.32 Å². The van der Waals surface area contributed by atoms with Crippen molar-refractivity contribution in [3.8, 4) is 5.75 Å². The highest BCUT2D eigenvalue weighted by Crippen LogP contribution is 2.24. The maximum absolute atomic E-state index is 13.6. The lowest BCUT2D eigenvalue weighted by Gasteiger charge is -2.19. The third-order valence-corrected chi connectivity index (χ3v) is 3.68. The Bertz CT molecular complexity index is 791. The molecule has 0 unspecified atom stereocenters. The van der Waals surface area contributed by atoms with E-state index in [2.05, 4.69) is 10.3 Å². The molecule has 140 valence electrons. The molecular formula is C20H24F2N2O2. The molecule has 2 aromatic rings. The highest BCUT2D eigenvalue weighted by Gasteiger charge is 2.18. The van der Waals surface area contributed by atoms with E-state index in [9.17, 15) is 13.6 Å². The highest BCUT2D eigenvalue weighted by molar-refractivity contribution is 5.92. The van der Waals surface area contributed by atoms with E-state index < -0.39 is 11.6 Å². The number of nitrogens with one attached hydrogen (secondary N) is 1. The van der Waals surface area contributed by atoms with E-state index in [1.165, 1.54) is 6.07 Å². The summed E-state index contributed by atoms with van der Waals surface area (Å²) in [5.41, 5.74) is 2.67. The lowest BCUT2D eigenvalue weighted by atomic mass is 9.92. The topological polar surface area (TPSA) is 51.2 Å². The Morgan fingerprint density at radius 3 is 2.46 bits per heavy atom. The molecule has 1 aromatic heterocycles. The van der Waals surface area contributed by atoms with E-state index >= 15 is 0 Å². The third kappa shape index (κ3) is 5.51. The fourth-order valence-electron chi connectivity index (χ4n) is 2.58. The number of aromatic nitrogens is 1. The summed E-state index contributed by atoms with van der Waals surface area (Å²) in [6.07, 6.45) is 0.403. The van der Waals surface area contributed by atoms with Gasteiger partial charge in [-0.05, 0) is 43.0 Å². The maximum atomic E-state index is 13.6. The normalized spacial score (nSPS) is 11.3. The van der Waals surface area contributed by atoms with Crippen LogP contribution in [0, 0.1) is 30.9 Å². The van der Waals surface area contributed by atoms with Crippen LogP contribution in [0.25, 0.3) is 0 Å². The van der Waals surface area contributed by atoms with Gasteiger partial charge in [-0.2, -0.15) is 0 Å². The number of pyridine rings is 1. The summed E-state index contributed by atoms with van der Waals surface area (Å²) in [5, 5.41) is 2.91. The van der Waals surface area contributed by atoms with Gasteiger partial charge in [0.25, 0.3) is 0 Å². The van der Waals surface area contributed by atoms with Crippen LogP contribution in [0.5, 0.6) is 5.75 Å². The second kappa shape index (κ2) is 7.81. The van der Waals surface area contributed by atoms with Gasteiger partial charge in [0, 0.05) is 12.5 Å². The summed E-state index contributed by atoms with van der Waals surface area (Å²) in [7, 11) is 0. The number of hydrogen-bond donors (Lipinski definition) is 1. The molecule has 0 aliphatic carbocycles. The Labute approximate surface area is 152 Å². The Kier molecular flexibility index (Phi) is 5.95. The number of anilines is 1. The van der Waals surface area contributed by atoms with Gasteiger partial charge < -0.3 is 10.1 Å². The molecule has 1 heterocycles. The van der Waals surface area contributed by atoms with Gasteiger partial charge >= 0.3 is 0 Å². The third-order valence-electron chi connectivity index (χ3n) is 3.68. The first kappa shape index (κ1) is 19.8. The van der Waals surface area contributed by atoms with E-state index in [1.54, 1.807) is 13.0 Å². The standard InChI is InChI=1S/C20H24F2N2O2/c1-12-8-15(11-26-17-7-6-14(21)9-16(17)22)23-13(2)19(12)24-18(25)10-20(3,4)5/h6-9H,10-11H2,1-5H3,(H,24,25). The minimum atomic E-state index is -0.760. The number of rotatable bonds is 5. The quantitative estimate of drug-likeness (QED) is 0.820. The number of hydrogen-bond acceptors (Lipinski definition) is 3. The van der Waals surface area contributed by atoms with E-state index in [4.69, 9.17) is 4.74 Å². The van der Waals surface area contributed by atoms with Crippen LogP contribution in [0.3, 0.4) is 0 Å². The van der Waals surface area contributed by atoms with Gasteiger partial charge in [0.2, 0.25) is 5.91 Å². The molecule has 26 heavy (non-hydrogen) atoms. The van der Waals surface area contributed by atoms with Crippen LogP contribution < -0.4 is 10.1 Å². The molecule has 0 fully saturated rings. The number of carbonyl (C=O) groups excluding carboxylic acids is 1. The first-order valence-electron chi connectivity index (χ1n) is 8.40. The van der Waals surface area contributed by atoms with E-state index in [-0.39, 0.29) is 23.7 Å². The molecule has 0 aliphatic rings. The summed E-state index contributed by atoms with van der Waals surface area (Å²) in [6, 6.07) is 4.93. The average Bonchev–Trinajstić information content (AvgIpc) is 2.48. The second-order valence-electron chi connectivity index (χ2n) is 7.54. The van der Waals surface area contributed by atoms with E-state index in [1.807, 2.05) is 27.7 Å². The van der Waals surface area contributed by atoms with Gasteiger partial charge in [0.05, 0.1) is 17.1 Å². The minimum Gasteiger partial charge on any atom is -0.484 e. The van der Waals surface area contributed by atoms with Crippen molar-refractivity contribution >= 4 is 11.6 Å². The summed E-state index contributed by atoms with van der Waals surface area (Å²) in [4.78, 5) is 16.6. The van der Waals surface area contributed by atoms with Crippen LogP contribution in [0.4, 0.5) is 14.5 Å². The summed E-state index contributed by atoms with van der Waals surface area (Å²) < 4.78 is 31.9. The molecule has 0 aliphatic heterocycles. The molecule has 1 amide bonds. The first-order chi connectivity index (χ1) is 12.0. The largest absolute Gasteiger partial charge is 0.484 e. The number of halogens is 2. The monoisotopic (exact) mass is 362 g/mol. The van der Waals surface area contributed by atoms with Crippen LogP contribution >= 0.6 is 0 Å². The average molecular weight is 362 g/mol. The SMILES string of the molecule is Cc1cc(COc2ccc(F)cc2F)nc(C)c1NC(=O)CC(C)(C)C. The molecule has 6 heteroatoms. The molecule has 0 radical (unpaired) electrons. The van der Waals surface area contributed by atoms with Gasteiger partial charge in [-0.15, -0.1) is 0 Å². The molecule has 0 spiro atoms. The van der Waals surface area contributed by atoms with E-state index in [0.29, 0.717) is 23.5 Å². The van der Waals surface area contributed by atoms with Crippen molar-refractivity contribution in [3.05, 3.63) is 52.9 Å². The first-order valence-corrected chi connectivity index (χ1v) is 8.40. The van der Waals surface area contributed by atoms with Crippen LogP contribution in [0.15, 0.2) is 24.3 Å². The predicted octanol–water partition coefficient (Wildman–Crippen LogP) is 4.93. The van der Waals surface area contributed by atoms with Crippen molar-refractivity contribution in [1.29, 1.82) is 0 Å². The second-order valence-corrected chi connectivity index (χ2v) is 7.54. The summed E-state index contributed by atoms with van der Waals surface area (Å²) in [6.45, 7) is 9.70. The zero-order chi connectivity index (χ0) is 19.5. The van der Waals surface area contributed by atoms with Crippen molar-refractivity contribution < 1.29 is 18.3 Å². The van der Waals surface area contributed by atoms with Crippen molar-refractivity contribution in [2.45, 2.75) is 47.6 Å². The van der Waals surface area contributed by atoms with Crippen molar-refractivity contribution in [2.24, 2.45) is 5.41 Å². The van der Waals surface area contributed by atoms with Gasteiger partial charge in [0.1, 0.15) is 12.4 Å². The highest BCUT2D eigenvalue weighted by atomic mass is 19.1. The van der Waals surface area contributed by atoms with Gasteiger partial charge in [-0.3, -0.25) is 9.78 Å². The van der Waals surface area contributed by atoms with Crippen LogP contribution in [-0.2, 0) is 11.4 Å². The molecular weight excluding hydrogens is 338 g/mol. The number of carbonyl (C=O) groups is 1. The van der Waals surface area contributed by atoms with E-state index in [0.717, 1.165) is 17.7 Å². The Morgan fingerprint density at radius 2 is 1.88 bits per heavy atom.